The maximum Gasteiger partial charge on any atom is 0.235 e. The normalized spacial score (nSPS) is 33.9. The molecule has 0 aromatic rings. The number of nitriles is 1. The third-order valence-electron chi connectivity index (χ3n) is 5.51. The third-order valence-corrected chi connectivity index (χ3v) is 5.51. The summed E-state index contributed by atoms with van der Waals surface area (Å²) in [5.41, 5.74) is -0.592. The smallest absolute Gasteiger partial charge is 0.235 e. The van der Waals surface area contributed by atoms with E-state index < -0.39 is 5.54 Å². The van der Waals surface area contributed by atoms with Crippen molar-refractivity contribution in [1.82, 2.24) is 15.5 Å². The first kappa shape index (κ1) is 14.8. The minimum atomic E-state index is -0.592. The Hall–Kier alpha value is -1.12. The SMILES string of the molecule is CN(CC(=O)NC1(C#N)CCCC1)C1CC2CCC(C1)N2. The Kier molecular flexibility index (Phi) is 4.19. The number of piperidine rings is 1. The van der Waals surface area contributed by atoms with E-state index in [4.69, 9.17) is 0 Å². The number of rotatable bonds is 4. The van der Waals surface area contributed by atoms with E-state index in [0.717, 1.165) is 38.5 Å². The summed E-state index contributed by atoms with van der Waals surface area (Å²) in [4.78, 5) is 14.5. The monoisotopic (exact) mass is 290 g/mol. The Morgan fingerprint density at radius 2 is 1.95 bits per heavy atom. The molecule has 2 atom stereocenters. The summed E-state index contributed by atoms with van der Waals surface area (Å²) in [7, 11) is 2.04. The number of amides is 1. The first-order valence-electron chi connectivity index (χ1n) is 8.29. The minimum absolute atomic E-state index is 0.00632. The Labute approximate surface area is 127 Å². The van der Waals surface area contributed by atoms with Gasteiger partial charge >= 0.3 is 0 Å². The summed E-state index contributed by atoms with van der Waals surface area (Å²) in [5, 5.41) is 16.0. The number of carbonyl (C=O) groups excluding carboxylic acids is 1. The van der Waals surface area contributed by atoms with Crippen LogP contribution in [0.5, 0.6) is 0 Å². The molecule has 3 rings (SSSR count). The third kappa shape index (κ3) is 3.22. The minimum Gasteiger partial charge on any atom is -0.337 e. The average Bonchev–Trinajstić information content (AvgIpc) is 3.06. The van der Waals surface area contributed by atoms with Crippen molar-refractivity contribution >= 4 is 5.91 Å². The van der Waals surface area contributed by atoms with Crippen molar-refractivity contribution in [2.45, 2.75) is 75.0 Å². The zero-order valence-electron chi connectivity index (χ0n) is 12.9. The topological polar surface area (TPSA) is 68.2 Å². The summed E-state index contributed by atoms with van der Waals surface area (Å²) in [6, 6.07) is 4.10. The Bertz CT molecular complexity index is 426. The van der Waals surface area contributed by atoms with Crippen molar-refractivity contribution in [2.75, 3.05) is 13.6 Å². The molecule has 2 heterocycles. The van der Waals surface area contributed by atoms with Gasteiger partial charge in [0.15, 0.2) is 0 Å². The number of hydrogen-bond donors (Lipinski definition) is 2. The van der Waals surface area contributed by atoms with Crippen molar-refractivity contribution in [3.63, 3.8) is 0 Å². The fourth-order valence-corrected chi connectivity index (χ4v) is 4.29. The second kappa shape index (κ2) is 5.94. The number of nitrogens with one attached hydrogen (secondary N) is 2. The Balaban J connectivity index is 1.51. The Morgan fingerprint density at radius 1 is 1.33 bits per heavy atom. The van der Waals surface area contributed by atoms with Gasteiger partial charge in [-0.3, -0.25) is 9.69 Å². The van der Waals surface area contributed by atoms with Gasteiger partial charge < -0.3 is 10.6 Å². The molecule has 1 saturated carbocycles. The highest BCUT2D eigenvalue weighted by Gasteiger charge is 2.37. The molecule has 2 bridgehead atoms. The molecule has 2 aliphatic heterocycles. The zero-order valence-corrected chi connectivity index (χ0v) is 12.9. The molecule has 0 aromatic heterocycles. The first-order valence-corrected chi connectivity index (χ1v) is 8.29. The van der Waals surface area contributed by atoms with Crippen molar-refractivity contribution in [1.29, 1.82) is 5.26 Å². The second-order valence-electron chi connectivity index (χ2n) is 7.13. The molecule has 1 amide bonds. The van der Waals surface area contributed by atoms with Crippen LogP contribution in [0, 0.1) is 11.3 Å². The predicted octanol–water partition coefficient (Wildman–Crippen LogP) is 1.15. The van der Waals surface area contributed by atoms with E-state index in [0.29, 0.717) is 24.7 Å². The molecular weight excluding hydrogens is 264 g/mol. The molecule has 0 radical (unpaired) electrons. The molecule has 3 fully saturated rings. The van der Waals surface area contributed by atoms with Crippen LogP contribution in [0.3, 0.4) is 0 Å². The van der Waals surface area contributed by atoms with Crippen LogP contribution in [-0.2, 0) is 4.79 Å². The van der Waals surface area contributed by atoms with Gasteiger partial charge in [0.1, 0.15) is 5.54 Å². The number of likely N-dealkylation sites (N-methyl/N-ethyl adjacent to an activating group) is 1. The van der Waals surface area contributed by atoms with Crippen LogP contribution in [0.25, 0.3) is 0 Å². The largest absolute Gasteiger partial charge is 0.337 e. The van der Waals surface area contributed by atoms with E-state index in [9.17, 15) is 10.1 Å². The van der Waals surface area contributed by atoms with E-state index in [1.54, 1.807) is 0 Å². The lowest BCUT2D eigenvalue weighted by molar-refractivity contribution is -0.124. The molecule has 1 aliphatic carbocycles. The van der Waals surface area contributed by atoms with Crippen molar-refractivity contribution < 1.29 is 4.79 Å². The Morgan fingerprint density at radius 3 is 2.52 bits per heavy atom. The standard InChI is InChI=1S/C16H26N4O/c1-20(14-8-12-4-5-13(9-14)18-12)10-15(21)19-16(11-17)6-2-3-7-16/h12-14,18H,2-10H2,1H3,(H,19,21). The van der Waals surface area contributed by atoms with E-state index in [2.05, 4.69) is 21.6 Å². The molecule has 5 nitrogen and oxygen atoms in total. The molecule has 3 aliphatic rings. The summed E-state index contributed by atoms with van der Waals surface area (Å²) in [5.74, 6) is 0.00632. The fourth-order valence-electron chi connectivity index (χ4n) is 4.29. The number of hydrogen-bond acceptors (Lipinski definition) is 4. The molecular formula is C16H26N4O. The van der Waals surface area contributed by atoms with Crippen LogP contribution < -0.4 is 10.6 Å². The van der Waals surface area contributed by atoms with Gasteiger partial charge in [-0.05, 0) is 58.4 Å². The average molecular weight is 290 g/mol. The van der Waals surface area contributed by atoms with Gasteiger partial charge in [0, 0.05) is 18.1 Å². The van der Waals surface area contributed by atoms with E-state index >= 15 is 0 Å². The van der Waals surface area contributed by atoms with Crippen molar-refractivity contribution in [3.8, 4) is 6.07 Å². The molecule has 5 heteroatoms. The van der Waals surface area contributed by atoms with Crippen LogP contribution >= 0.6 is 0 Å². The highest BCUT2D eigenvalue weighted by atomic mass is 16.2. The van der Waals surface area contributed by atoms with Crippen LogP contribution in [0.15, 0.2) is 0 Å². The highest BCUT2D eigenvalue weighted by Crippen LogP contribution is 2.30. The zero-order chi connectivity index (χ0) is 14.9. The van der Waals surface area contributed by atoms with Crippen LogP contribution in [-0.4, -0.2) is 48.1 Å². The molecule has 0 spiro atoms. The lowest BCUT2D eigenvalue weighted by atomic mass is 9.98. The van der Waals surface area contributed by atoms with Crippen molar-refractivity contribution in [3.05, 3.63) is 0 Å². The lowest BCUT2D eigenvalue weighted by Crippen LogP contribution is -2.52. The van der Waals surface area contributed by atoms with Crippen molar-refractivity contribution in [2.24, 2.45) is 0 Å². The van der Waals surface area contributed by atoms with Gasteiger partial charge in [-0.25, -0.2) is 0 Å². The number of nitrogens with zero attached hydrogens (tertiary/aromatic N) is 2. The maximum atomic E-state index is 12.3. The lowest BCUT2D eigenvalue weighted by Gasteiger charge is -2.35. The van der Waals surface area contributed by atoms with Crippen LogP contribution in [0.2, 0.25) is 0 Å². The molecule has 21 heavy (non-hydrogen) atoms. The van der Waals surface area contributed by atoms with Gasteiger partial charge in [0.05, 0.1) is 12.6 Å². The molecule has 2 N–H and O–H groups in total. The predicted molar refractivity (Wildman–Crippen MR) is 80.6 cm³/mol. The fraction of sp³-hybridized carbons (Fsp3) is 0.875. The molecule has 2 unspecified atom stereocenters. The highest BCUT2D eigenvalue weighted by molar-refractivity contribution is 5.79. The molecule has 2 saturated heterocycles. The van der Waals surface area contributed by atoms with E-state index in [1.165, 1.54) is 12.8 Å². The summed E-state index contributed by atoms with van der Waals surface area (Å²) < 4.78 is 0. The van der Waals surface area contributed by atoms with Gasteiger partial charge in [-0.15, -0.1) is 0 Å². The first-order chi connectivity index (χ1) is 10.1. The number of carbonyl (C=O) groups is 1. The quantitative estimate of drug-likeness (QED) is 0.815. The van der Waals surface area contributed by atoms with E-state index in [-0.39, 0.29) is 5.91 Å². The molecule has 116 valence electrons. The second-order valence-corrected chi connectivity index (χ2v) is 7.13. The molecule has 0 aromatic carbocycles. The summed E-state index contributed by atoms with van der Waals surface area (Å²) in [6.45, 7) is 0.410. The van der Waals surface area contributed by atoms with Gasteiger partial charge in [0.25, 0.3) is 0 Å². The van der Waals surface area contributed by atoms with Gasteiger partial charge in [-0.1, -0.05) is 0 Å². The van der Waals surface area contributed by atoms with Crippen LogP contribution in [0.4, 0.5) is 0 Å². The van der Waals surface area contributed by atoms with E-state index in [1.807, 2.05) is 7.05 Å². The summed E-state index contributed by atoms with van der Waals surface area (Å²) >= 11 is 0. The van der Waals surface area contributed by atoms with Gasteiger partial charge in [-0.2, -0.15) is 5.26 Å². The van der Waals surface area contributed by atoms with Gasteiger partial charge in [0.2, 0.25) is 5.91 Å². The summed E-state index contributed by atoms with van der Waals surface area (Å²) in [6.07, 6.45) is 8.53. The van der Waals surface area contributed by atoms with Crippen LogP contribution in [0.1, 0.15) is 51.4 Å². The number of fused-ring (bicyclic) bond motifs is 2. The maximum absolute atomic E-state index is 12.3.